The predicted molar refractivity (Wildman–Crippen MR) is 87.0 cm³/mol. The molecule has 1 saturated carbocycles. The van der Waals surface area contributed by atoms with Crippen LogP contribution in [0.2, 0.25) is 0 Å². The van der Waals surface area contributed by atoms with Crippen molar-refractivity contribution in [2.45, 2.75) is 32.4 Å². The summed E-state index contributed by atoms with van der Waals surface area (Å²) in [5, 5.41) is 8.28. The van der Waals surface area contributed by atoms with Crippen LogP contribution in [0.4, 0.5) is 24.5 Å². The molecule has 0 bridgehead atoms. The third-order valence-corrected chi connectivity index (χ3v) is 5.02. The van der Waals surface area contributed by atoms with Gasteiger partial charge >= 0.3 is 6.18 Å². The van der Waals surface area contributed by atoms with Crippen molar-refractivity contribution in [2.24, 2.45) is 11.3 Å². The van der Waals surface area contributed by atoms with Crippen LogP contribution in [0.1, 0.15) is 31.7 Å². The van der Waals surface area contributed by atoms with E-state index in [1.807, 2.05) is 0 Å². The van der Waals surface area contributed by atoms with Gasteiger partial charge < -0.3 is 16.0 Å². The van der Waals surface area contributed by atoms with Gasteiger partial charge in [0.25, 0.3) is 0 Å². The fourth-order valence-electron chi connectivity index (χ4n) is 3.54. The quantitative estimate of drug-likeness (QED) is 0.781. The van der Waals surface area contributed by atoms with Crippen LogP contribution < -0.4 is 16.0 Å². The normalized spacial score (nSPS) is 21.7. The predicted octanol–water partition coefficient (Wildman–Crippen LogP) is 2.99. The zero-order valence-corrected chi connectivity index (χ0v) is 13.8. The number of anilines is 2. The van der Waals surface area contributed by atoms with E-state index >= 15 is 0 Å². The van der Waals surface area contributed by atoms with Gasteiger partial charge in [-0.3, -0.25) is 9.59 Å². The second kappa shape index (κ2) is 6.33. The third-order valence-electron chi connectivity index (χ3n) is 5.02. The lowest BCUT2D eigenvalue weighted by Crippen LogP contribution is -2.31. The summed E-state index contributed by atoms with van der Waals surface area (Å²) in [6.45, 7) is 2.96. The van der Waals surface area contributed by atoms with Crippen LogP contribution in [-0.2, 0) is 15.8 Å². The maximum atomic E-state index is 12.9. The minimum atomic E-state index is -4.52. The first-order valence-corrected chi connectivity index (χ1v) is 8.22. The van der Waals surface area contributed by atoms with Gasteiger partial charge in [-0.2, -0.15) is 13.2 Å². The Hall–Kier alpha value is -2.09. The zero-order valence-electron chi connectivity index (χ0n) is 13.8. The molecule has 2 aliphatic rings. The Morgan fingerprint density at radius 3 is 2.44 bits per heavy atom. The monoisotopic (exact) mass is 355 g/mol. The minimum Gasteiger partial charge on any atom is -0.325 e. The number of carbonyl (C=O) groups excluding carboxylic acids is 2. The Morgan fingerprint density at radius 2 is 1.84 bits per heavy atom. The molecule has 1 aromatic carbocycles. The zero-order chi connectivity index (χ0) is 18.2. The van der Waals surface area contributed by atoms with Crippen molar-refractivity contribution in [1.82, 2.24) is 5.32 Å². The van der Waals surface area contributed by atoms with Gasteiger partial charge in [0.15, 0.2) is 0 Å². The molecule has 1 unspecified atom stereocenters. The van der Waals surface area contributed by atoms with Gasteiger partial charge in [0, 0.05) is 12.8 Å². The summed E-state index contributed by atoms with van der Waals surface area (Å²) in [4.78, 5) is 23.8. The van der Waals surface area contributed by atoms with Crippen molar-refractivity contribution in [2.75, 3.05) is 23.7 Å². The Morgan fingerprint density at radius 1 is 1.16 bits per heavy atom. The standard InChI is InChI=1S/C17H20F3N3O2/c1-10(24)22-13-3-2-11(17(18,19)20)8-14(13)23-15(25)12-9-16(12)4-6-21-7-5-16/h2-3,8,12,21H,4-7,9H2,1H3,(H,22,24)(H,23,25). The van der Waals surface area contributed by atoms with Crippen LogP contribution in [0.3, 0.4) is 0 Å². The van der Waals surface area contributed by atoms with Crippen molar-refractivity contribution in [1.29, 1.82) is 0 Å². The fourth-order valence-corrected chi connectivity index (χ4v) is 3.54. The van der Waals surface area contributed by atoms with E-state index in [1.165, 1.54) is 6.92 Å². The molecule has 0 aromatic heterocycles. The molecule has 1 atom stereocenters. The number of amides is 2. The number of halogens is 3. The average Bonchev–Trinajstić information content (AvgIpc) is 3.21. The number of benzene rings is 1. The van der Waals surface area contributed by atoms with Crippen molar-refractivity contribution < 1.29 is 22.8 Å². The Labute approximate surface area is 143 Å². The second-order valence-corrected chi connectivity index (χ2v) is 6.80. The average molecular weight is 355 g/mol. The molecule has 1 aliphatic heterocycles. The Kier molecular flexibility index (Phi) is 4.49. The highest BCUT2D eigenvalue weighted by molar-refractivity contribution is 6.01. The first kappa shape index (κ1) is 17.7. The largest absolute Gasteiger partial charge is 0.416 e. The van der Waals surface area contributed by atoms with Crippen LogP contribution in [0, 0.1) is 11.3 Å². The van der Waals surface area contributed by atoms with E-state index in [2.05, 4.69) is 16.0 Å². The summed E-state index contributed by atoms with van der Waals surface area (Å²) in [5.74, 6) is -0.890. The van der Waals surface area contributed by atoms with Crippen LogP contribution in [-0.4, -0.2) is 24.9 Å². The molecule has 3 N–H and O–H groups in total. The molecule has 1 aliphatic carbocycles. The summed E-state index contributed by atoms with van der Waals surface area (Å²) in [5.41, 5.74) is -0.755. The molecule has 3 rings (SSSR count). The van der Waals surface area contributed by atoms with E-state index < -0.39 is 17.6 Å². The number of hydrogen-bond donors (Lipinski definition) is 3. The minimum absolute atomic E-state index is 0.0222. The van der Waals surface area contributed by atoms with Gasteiger partial charge in [-0.1, -0.05) is 0 Å². The van der Waals surface area contributed by atoms with Crippen molar-refractivity contribution in [3.8, 4) is 0 Å². The molecule has 1 aromatic rings. The summed E-state index contributed by atoms with van der Waals surface area (Å²) in [6.07, 6.45) is -1.97. The van der Waals surface area contributed by atoms with Crippen LogP contribution >= 0.6 is 0 Å². The lowest BCUT2D eigenvalue weighted by molar-refractivity contribution is -0.137. The molecule has 1 spiro atoms. The van der Waals surface area contributed by atoms with Gasteiger partial charge in [-0.05, 0) is 56.0 Å². The van der Waals surface area contributed by atoms with E-state index in [1.54, 1.807) is 0 Å². The fraction of sp³-hybridized carbons (Fsp3) is 0.529. The number of rotatable bonds is 3. The summed E-state index contributed by atoms with van der Waals surface area (Å²) in [6, 6.07) is 2.90. The Balaban J connectivity index is 1.79. The third kappa shape index (κ3) is 3.78. The molecular weight excluding hydrogens is 335 g/mol. The molecule has 5 nitrogen and oxygen atoms in total. The van der Waals surface area contributed by atoms with Gasteiger partial charge in [-0.15, -0.1) is 0 Å². The van der Waals surface area contributed by atoms with Crippen molar-refractivity contribution in [3.63, 3.8) is 0 Å². The van der Waals surface area contributed by atoms with Crippen molar-refractivity contribution >= 4 is 23.2 Å². The van der Waals surface area contributed by atoms with E-state index in [4.69, 9.17) is 0 Å². The molecule has 1 saturated heterocycles. The van der Waals surface area contributed by atoms with Crippen LogP contribution in [0.15, 0.2) is 18.2 Å². The summed E-state index contributed by atoms with van der Waals surface area (Å²) >= 11 is 0. The Bertz CT molecular complexity index is 697. The number of alkyl halides is 3. The number of piperidine rings is 1. The maximum absolute atomic E-state index is 12.9. The highest BCUT2D eigenvalue weighted by Gasteiger charge is 2.57. The van der Waals surface area contributed by atoms with Gasteiger partial charge in [0.2, 0.25) is 11.8 Å². The topological polar surface area (TPSA) is 70.2 Å². The SMILES string of the molecule is CC(=O)Nc1ccc(C(F)(F)F)cc1NC(=O)C1CC12CCNCC2. The molecule has 2 amide bonds. The molecule has 0 radical (unpaired) electrons. The molecule has 1 heterocycles. The number of nitrogens with one attached hydrogen (secondary N) is 3. The van der Waals surface area contributed by atoms with E-state index in [9.17, 15) is 22.8 Å². The number of carbonyl (C=O) groups is 2. The molecule has 8 heteroatoms. The lowest BCUT2D eigenvalue weighted by atomic mass is 9.91. The highest BCUT2D eigenvalue weighted by Crippen LogP contribution is 2.58. The summed E-state index contributed by atoms with van der Waals surface area (Å²) in [7, 11) is 0. The molecule has 25 heavy (non-hydrogen) atoms. The van der Waals surface area contributed by atoms with Gasteiger partial charge in [-0.25, -0.2) is 0 Å². The highest BCUT2D eigenvalue weighted by atomic mass is 19.4. The first-order chi connectivity index (χ1) is 11.7. The smallest absolute Gasteiger partial charge is 0.325 e. The van der Waals surface area contributed by atoms with Crippen molar-refractivity contribution in [3.05, 3.63) is 23.8 Å². The van der Waals surface area contributed by atoms with E-state index in [0.29, 0.717) is 0 Å². The van der Waals surface area contributed by atoms with Gasteiger partial charge in [0.1, 0.15) is 0 Å². The number of hydrogen-bond acceptors (Lipinski definition) is 3. The van der Waals surface area contributed by atoms with Gasteiger partial charge in [0.05, 0.1) is 16.9 Å². The molecular formula is C17H20F3N3O2. The molecule has 136 valence electrons. The summed E-state index contributed by atoms with van der Waals surface area (Å²) < 4.78 is 38.8. The first-order valence-electron chi connectivity index (χ1n) is 8.22. The lowest BCUT2D eigenvalue weighted by Gasteiger charge is -2.23. The van der Waals surface area contributed by atoms with E-state index in [0.717, 1.165) is 50.6 Å². The van der Waals surface area contributed by atoms with Crippen LogP contribution in [0.25, 0.3) is 0 Å². The molecule has 2 fully saturated rings. The van der Waals surface area contributed by atoms with E-state index in [-0.39, 0.29) is 28.6 Å². The second-order valence-electron chi connectivity index (χ2n) is 6.80. The van der Waals surface area contributed by atoms with Crippen LogP contribution in [0.5, 0.6) is 0 Å². The maximum Gasteiger partial charge on any atom is 0.416 e.